The van der Waals surface area contributed by atoms with Crippen molar-refractivity contribution >= 4 is 52.6 Å². The normalized spacial score (nSPS) is 18.4. The molecule has 0 saturated carbocycles. The van der Waals surface area contributed by atoms with E-state index in [0.29, 0.717) is 58.4 Å². The number of hydrogen-bond donors (Lipinski definition) is 3. The fraction of sp³-hybridized carbons (Fsp3) is 0.323. The van der Waals surface area contributed by atoms with Crippen molar-refractivity contribution in [3.63, 3.8) is 0 Å². The molecule has 1 unspecified atom stereocenters. The molecule has 3 heterocycles. The lowest BCUT2D eigenvalue weighted by Crippen LogP contribution is -2.56. The van der Waals surface area contributed by atoms with Crippen molar-refractivity contribution in [2.24, 2.45) is 5.92 Å². The summed E-state index contributed by atoms with van der Waals surface area (Å²) in [5.41, 5.74) is 3.61. The molecule has 0 spiro atoms. The second-order valence-electron chi connectivity index (χ2n) is 10.8. The molecule has 2 aromatic carbocycles. The second kappa shape index (κ2) is 13.2. The molecule has 3 N–H and O–H groups in total. The van der Waals surface area contributed by atoms with Gasteiger partial charge < -0.3 is 25.6 Å². The van der Waals surface area contributed by atoms with E-state index in [0.717, 1.165) is 16.9 Å². The molecule has 3 aromatic rings. The van der Waals surface area contributed by atoms with Gasteiger partial charge in [-0.25, -0.2) is 4.79 Å². The number of benzene rings is 2. The fourth-order valence-electron chi connectivity index (χ4n) is 5.35. The first-order chi connectivity index (χ1) is 21.1. The van der Waals surface area contributed by atoms with Crippen LogP contribution >= 0.6 is 23.2 Å². The number of carbonyl (C=O) groups is 4. The maximum atomic E-state index is 13.1. The van der Waals surface area contributed by atoms with Crippen LogP contribution in [0.4, 0.5) is 10.5 Å². The summed E-state index contributed by atoms with van der Waals surface area (Å²) in [4.78, 5) is 56.1. The van der Waals surface area contributed by atoms with Crippen LogP contribution in [0, 0.1) is 5.92 Å². The third kappa shape index (κ3) is 6.35. The van der Waals surface area contributed by atoms with Gasteiger partial charge in [0.15, 0.2) is 0 Å². The number of rotatable bonds is 9. The largest absolute Gasteiger partial charge is 0.496 e. The van der Waals surface area contributed by atoms with Crippen molar-refractivity contribution < 1.29 is 23.9 Å². The number of aromatic nitrogens is 1. The molecule has 1 aromatic heterocycles. The molecule has 44 heavy (non-hydrogen) atoms. The number of halogens is 2. The average Bonchev–Trinajstić information content (AvgIpc) is 3.44. The Hall–Kier alpha value is -4.19. The standard InChI is InChI=1S/C31H32Cl2N6O5/c1-38-16-22(30(42)39(2)31(38)43)29(41)37-23-9-5-7-20(28(23)33)19-6-4-8-21(27(19)32)24-12-25(44-3)17(14-35-24)13-34-15-18-10-11-26(40)36-18/h4-9,12,14,18,22,34H,10-11,13,15-16H2,1-3H3,(H,36,40)(H,37,41)/t18-,22?/m0/s1. The van der Waals surface area contributed by atoms with Crippen molar-refractivity contribution in [1.82, 2.24) is 25.4 Å². The molecule has 0 bridgehead atoms. The zero-order valence-corrected chi connectivity index (χ0v) is 26.0. The first-order valence-electron chi connectivity index (χ1n) is 14.0. The summed E-state index contributed by atoms with van der Waals surface area (Å²) < 4.78 is 5.65. The first-order valence-corrected chi connectivity index (χ1v) is 14.8. The Morgan fingerprint density at radius 2 is 1.77 bits per heavy atom. The first kappa shape index (κ1) is 31.2. The van der Waals surface area contributed by atoms with E-state index in [1.54, 1.807) is 31.5 Å². The molecule has 13 heteroatoms. The Labute approximate surface area is 264 Å². The van der Waals surface area contributed by atoms with Crippen LogP contribution in [-0.2, 0) is 20.9 Å². The Balaban J connectivity index is 1.35. The number of urea groups is 1. The summed E-state index contributed by atoms with van der Waals surface area (Å²) in [5, 5.41) is 9.68. The number of pyridine rings is 1. The second-order valence-corrected chi connectivity index (χ2v) is 11.5. The van der Waals surface area contributed by atoms with Crippen LogP contribution in [0.3, 0.4) is 0 Å². The molecule has 2 aliphatic rings. The molecular weight excluding hydrogens is 607 g/mol. The monoisotopic (exact) mass is 638 g/mol. The number of nitrogens with one attached hydrogen (secondary N) is 3. The topological polar surface area (TPSA) is 133 Å². The zero-order valence-electron chi connectivity index (χ0n) is 24.4. The SMILES string of the molecule is COc1cc(-c2cccc(-c3cccc(NC(=O)C4CN(C)C(=O)N(C)C4=O)c3Cl)c2Cl)ncc1CNC[C@@H]1CCC(=O)N1. The number of carbonyl (C=O) groups excluding carboxylic acids is 4. The van der Waals surface area contributed by atoms with Crippen molar-refractivity contribution in [1.29, 1.82) is 0 Å². The minimum absolute atomic E-state index is 0.0386. The Morgan fingerprint density at radius 1 is 1.07 bits per heavy atom. The van der Waals surface area contributed by atoms with Crippen LogP contribution in [0.15, 0.2) is 48.7 Å². The molecule has 11 nitrogen and oxygen atoms in total. The van der Waals surface area contributed by atoms with Gasteiger partial charge in [-0.1, -0.05) is 53.5 Å². The van der Waals surface area contributed by atoms with Gasteiger partial charge in [0.2, 0.25) is 17.7 Å². The molecule has 2 saturated heterocycles. The quantitative estimate of drug-likeness (QED) is 0.300. The summed E-state index contributed by atoms with van der Waals surface area (Å²) in [6.07, 6.45) is 3.09. The summed E-state index contributed by atoms with van der Waals surface area (Å²) in [7, 11) is 4.46. The van der Waals surface area contributed by atoms with Crippen LogP contribution in [0.5, 0.6) is 5.75 Å². The number of ether oxygens (including phenoxy) is 1. The molecule has 0 aliphatic carbocycles. The summed E-state index contributed by atoms with van der Waals surface area (Å²) in [6, 6.07) is 12.1. The van der Waals surface area contributed by atoms with Crippen LogP contribution in [0.25, 0.3) is 22.4 Å². The lowest BCUT2D eigenvalue weighted by Gasteiger charge is -2.33. The van der Waals surface area contributed by atoms with Crippen LogP contribution in [0.2, 0.25) is 10.0 Å². The number of nitrogens with zero attached hydrogens (tertiary/aromatic N) is 3. The van der Waals surface area contributed by atoms with Gasteiger partial charge in [-0.05, 0) is 12.5 Å². The van der Waals surface area contributed by atoms with E-state index in [1.807, 2.05) is 24.3 Å². The van der Waals surface area contributed by atoms with E-state index in [9.17, 15) is 19.2 Å². The Kier molecular flexibility index (Phi) is 9.38. The molecule has 2 atom stereocenters. The van der Waals surface area contributed by atoms with E-state index in [4.69, 9.17) is 27.9 Å². The molecule has 2 fully saturated rings. The van der Waals surface area contributed by atoms with E-state index < -0.39 is 23.8 Å². The maximum absolute atomic E-state index is 13.1. The highest BCUT2D eigenvalue weighted by Crippen LogP contribution is 2.41. The number of amides is 5. The van der Waals surface area contributed by atoms with Gasteiger partial charge in [-0.2, -0.15) is 0 Å². The number of hydrogen-bond acceptors (Lipinski definition) is 7. The average molecular weight is 640 g/mol. The maximum Gasteiger partial charge on any atom is 0.326 e. The minimum atomic E-state index is -1.07. The zero-order chi connectivity index (χ0) is 31.5. The van der Waals surface area contributed by atoms with Gasteiger partial charge in [0.1, 0.15) is 11.7 Å². The smallest absolute Gasteiger partial charge is 0.326 e. The van der Waals surface area contributed by atoms with Crippen LogP contribution in [-0.4, -0.2) is 78.9 Å². The highest BCUT2D eigenvalue weighted by atomic mass is 35.5. The third-order valence-electron chi connectivity index (χ3n) is 7.79. The molecule has 0 radical (unpaired) electrons. The molecule has 2 aliphatic heterocycles. The van der Waals surface area contributed by atoms with Crippen molar-refractivity contribution in [3.05, 3.63) is 64.3 Å². The van der Waals surface area contributed by atoms with Gasteiger partial charge in [-0.3, -0.25) is 24.3 Å². The van der Waals surface area contributed by atoms with Gasteiger partial charge >= 0.3 is 6.03 Å². The molecule has 5 amide bonds. The van der Waals surface area contributed by atoms with E-state index in [1.165, 1.54) is 19.0 Å². The van der Waals surface area contributed by atoms with Crippen LogP contribution < -0.4 is 20.7 Å². The number of imide groups is 1. The molecular formula is C31H32Cl2N6O5. The van der Waals surface area contributed by atoms with Gasteiger partial charge in [0.25, 0.3) is 0 Å². The summed E-state index contributed by atoms with van der Waals surface area (Å²) in [6.45, 7) is 1.12. The van der Waals surface area contributed by atoms with Crippen molar-refractivity contribution in [2.75, 3.05) is 39.6 Å². The van der Waals surface area contributed by atoms with Crippen molar-refractivity contribution in [2.45, 2.75) is 25.4 Å². The molecule has 5 rings (SSSR count). The predicted octanol–water partition coefficient (Wildman–Crippen LogP) is 4.18. The lowest BCUT2D eigenvalue weighted by molar-refractivity contribution is -0.140. The van der Waals surface area contributed by atoms with Crippen LogP contribution in [0.1, 0.15) is 18.4 Å². The summed E-state index contributed by atoms with van der Waals surface area (Å²) in [5.74, 6) is -1.51. The van der Waals surface area contributed by atoms with Gasteiger partial charge in [0, 0.05) is 80.7 Å². The predicted molar refractivity (Wildman–Crippen MR) is 167 cm³/mol. The molecule has 230 valence electrons. The number of anilines is 1. The fourth-order valence-corrected chi connectivity index (χ4v) is 5.95. The highest BCUT2D eigenvalue weighted by Gasteiger charge is 2.39. The minimum Gasteiger partial charge on any atom is -0.496 e. The van der Waals surface area contributed by atoms with Gasteiger partial charge in [-0.15, -0.1) is 0 Å². The third-order valence-corrected chi connectivity index (χ3v) is 8.61. The van der Waals surface area contributed by atoms with E-state index in [-0.39, 0.29) is 23.5 Å². The van der Waals surface area contributed by atoms with Crippen molar-refractivity contribution in [3.8, 4) is 28.1 Å². The van der Waals surface area contributed by atoms with E-state index >= 15 is 0 Å². The Bertz CT molecular complexity index is 1630. The van der Waals surface area contributed by atoms with Gasteiger partial charge in [0.05, 0.1) is 28.5 Å². The summed E-state index contributed by atoms with van der Waals surface area (Å²) >= 11 is 13.7. The highest BCUT2D eigenvalue weighted by molar-refractivity contribution is 6.39. The van der Waals surface area contributed by atoms with E-state index in [2.05, 4.69) is 20.9 Å². The number of methoxy groups -OCH3 is 1. The Morgan fingerprint density at radius 3 is 2.48 bits per heavy atom. The lowest BCUT2D eigenvalue weighted by atomic mass is 9.99.